The topological polar surface area (TPSA) is 3.24 Å². The molecule has 7 heavy (non-hydrogen) atoms. The molecular formula is C5H10FN. The lowest BCUT2D eigenvalue weighted by Crippen LogP contribution is -2.15. The molecule has 0 N–H and O–H groups in total. The van der Waals surface area contributed by atoms with E-state index in [1.165, 1.54) is 4.90 Å². The van der Waals surface area contributed by atoms with Gasteiger partial charge in [0.15, 0.2) is 0 Å². The largest absolute Gasteiger partial charge is 0.276 e. The first-order valence-corrected chi connectivity index (χ1v) is 2.16. The summed E-state index contributed by atoms with van der Waals surface area (Å²) in [6.45, 7) is 3.67. The lowest BCUT2D eigenvalue weighted by atomic mass is 10.6. The van der Waals surface area contributed by atoms with Crippen LogP contribution in [0.15, 0.2) is 12.7 Å². The Morgan fingerprint density at radius 3 is 2.57 bits per heavy atom. The number of nitrogens with zero attached hydrogens (tertiary/aromatic N) is 1. The van der Waals surface area contributed by atoms with Gasteiger partial charge in [-0.05, 0) is 7.05 Å². The Morgan fingerprint density at radius 1 is 1.86 bits per heavy atom. The SMILES string of the molecule is C=CCN(C)CF. The number of rotatable bonds is 3. The Balaban J connectivity index is 2.98. The van der Waals surface area contributed by atoms with E-state index in [4.69, 9.17) is 0 Å². The summed E-state index contributed by atoms with van der Waals surface area (Å²) < 4.78 is 11.5. The van der Waals surface area contributed by atoms with Gasteiger partial charge in [-0.2, -0.15) is 0 Å². The second-order valence-electron chi connectivity index (χ2n) is 1.45. The van der Waals surface area contributed by atoms with E-state index in [-0.39, 0.29) is 0 Å². The Labute approximate surface area is 43.4 Å². The number of hydrogen-bond acceptors (Lipinski definition) is 1. The minimum absolute atomic E-state index is 0.397. The zero-order chi connectivity index (χ0) is 5.70. The van der Waals surface area contributed by atoms with E-state index in [9.17, 15) is 4.39 Å². The van der Waals surface area contributed by atoms with Crippen LogP contribution in [0.1, 0.15) is 0 Å². The van der Waals surface area contributed by atoms with Crippen molar-refractivity contribution < 1.29 is 4.39 Å². The highest BCUT2D eigenvalue weighted by Gasteiger charge is 1.87. The van der Waals surface area contributed by atoms with Gasteiger partial charge in [0.2, 0.25) is 0 Å². The van der Waals surface area contributed by atoms with Crippen LogP contribution in [0.3, 0.4) is 0 Å². The van der Waals surface area contributed by atoms with E-state index in [0.29, 0.717) is 6.54 Å². The zero-order valence-electron chi connectivity index (χ0n) is 4.52. The fourth-order valence-corrected chi connectivity index (χ4v) is 0.269. The van der Waals surface area contributed by atoms with Crippen LogP contribution < -0.4 is 0 Å². The van der Waals surface area contributed by atoms with E-state index in [1.54, 1.807) is 13.1 Å². The van der Waals surface area contributed by atoms with E-state index in [0.717, 1.165) is 0 Å². The Hall–Kier alpha value is -0.370. The summed E-state index contributed by atoms with van der Waals surface area (Å²) in [6.07, 6.45) is 1.67. The Morgan fingerprint density at radius 2 is 2.43 bits per heavy atom. The lowest BCUT2D eigenvalue weighted by molar-refractivity contribution is 0.245. The maximum absolute atomic E-state index is 11.5. The standard InChI is InChI=1S/C5H10FN/c1-3-4-7(2)5-6/h3H,1,4-5H2,2H3. The van der Waals surface area contributed by atoms with Crippen LogP contribution in [0.25, 0.3) is 0 Å². The van der Waals surface area contributed by atoms with E-state index in [1.807, 2.05) is 0 Å². The van der Waals surface area contributed by atoms with Crippen LogP contribution in [0.4, 0.5) is 4.39 Å². The van der Waals surface area contributed by atoms with E-state index >= 15 is 0 Å². The summed E-state index contributed by atoms with van der Waals surface area (Å²) in [6, 6.07) is 0. The van der Waals surface area contributed by atoms with Crippen molar-refractivity contribution in [3.63, 3.8) is 0 Å². The van der Waals surface area contributed by atoms with Crippen molar-refractivity contribution in [1.82, 2.24) is 4.90 Å². The van der Waals surface area contributed by atoms with Gasteiger partial charge in [0.1, 0.15) is 6.80 Å². The molecule has 0 atom stereocenters. The van der Waals surface area contributed by atoms with Crippen LogP contribution in [0, 0.1) is 0 Å². The third-order valence-electron chi connectivity index (χ3n) is 0.645. The van der Waals surface area contributed by atoms with Gasteiger partial charge in [0, 0.05) is 6.54 Å². The molecule has 0 saturated carbocycles. The molecule has 0 amide bonds. The Kier molecular flexibility index (Phi) is 3.61. The first kappa shape index (κ1) is 6.63. The number of halogens is 1. The maximum atomic E-state index is 11.5. The van der Waals surface area contributed by atoms with Gasteiger partial charge in [0.25, 0.3) is 0 Å². The molecule has 2 heteroatoms. The first-order valence-electron chi connectivity index (χ1n) is 2.16. The number of likely N-dealkylation sites (N-methyl/N-ethyl adjacent to an activating group) is 1. The molecule has 0 aliphatic heterocycles. The Bertz CT molecular complexity index is 54.0. The van der Waals surface area contributed by atoms with Crippen molar-refractivity contribution in [2.24, 2.45) is 0 Å². The van der Waals surface area contributed by atoms with Crippen molar-refractivity contribution in [3.8, 4) is 0 Å². The number of hydrogen-bond donors (Lipinski definition) is 0. The molecular weight excluding hydrogens is 93.1 g/mol. The van der Waals surface area contributed by atoms with Crippen molar-refractivity contribution >= 4 is 0 Å². The van der Waals surface area contributed by atoms with Crippen LogP contribution >= 0.6 is 0 Å². The maximum Gasteiger partial charge on any atom is 0.143 e. The van der Waals surface area contributed by atoms with Crippen molar-refractivity contribution in [3.05, 3.63) is 12.7 Å². The highest BCUT2D eigenvalue weighted by molar-refractivity contribution is 4.68. The second kappa shape index (κ2) is 3.81. The average Bonchev–Trinajstić information content (AvgIpc) is 1.68. The van der Waals surface area contributed by atoms with Crippen molar-refractivity contribution in [2.45, 2.75) is 0 Å². The average molecular weight is 103 g/mol. The normalized spacial score (nSPS) is 9.57. The van der Waals surface area contributed by atoms with Gasteiger partial charge in [0.05, 0.1) is 0 Å². The lowest BCUT2D eigenvalue weighted by Gasteiger charge is -2.05. The summed E-state index contributed by atoms with van der Waals surface area (Å²) >= 11 is 0. The molecule has 0 fully saturated rings. The predicted octanol–water partition coefficient (Wildman–Crippen LogP) is 1.03. The van der Waals surface area contributed by atoms with Gasteiger partial charge in [-0.1, -0.05) is 6.08 Å². The fraction of sp³-hybridized carbons (Fsp3) is 0.600. The second-order valence-corrected chi connectivity index (χ2v) is 1.45. The summed E-state index contributed by atoms with van der Waals surface area (Å²) in [5.41, 5.74) is 0. The van der Waals surface area contributed by atoms with Crippen LogP contribution in [-0.2, 0) is 0 Å². The summed E-state index contributed by atoms with van der Waals surface area (Å²) in [5, 5.41) is 0. The molecule has 42 valence electrons. The van der Waals surface area contributed by atoms with Gasteiger partial charge >= 0.3 is 0 Å². The van der Waals surface area contributed by atoms with Gasteiger partial charge in [-0.15, -0.1) is 6.58 Å². The van der Waals surface area contributed by atoms with Crippen LogP contribution in [-0.4, -0.2) is 25.3 Å². The van der Waals surface area contributed by atoms with Gasteiger partial charge < -0.3 is 0 Å². The molecule has 0 rings (SSSR count). The molecule has 0 saturated heterocycles. The van der Waals surface area contributed by atoms with Crippen molar-refractivity contribution in [2.75, 3.05) is 20.4 Å². The third kappa shape index (κ3) is 3.46. The number of alkyl halides is 1. The summed E-state index contributed by atoms with van der Waals surface area (Å²) in [5.74, 6) is 0. The minimum Gasteiger partial charge on any atom is -0.276 e. The monoisotopic (exact) mass is 103 g/mol. The van der Waals surface area contributed by atoms with Gasteiger partial charge in [-0.25, -0.2) is 4.39 Å². The molecule has 1 nitrogen and oxygen atoms in total. The molecule has 0 bridgehead atoms. The molecule has 0 unspecified atom stereocenters. The summed E-state index contributed by atoms with van der Waals surface area (Å²) in [4.78, 5) is 1.52. The minimum atomic E-state index is -0.397. The molecule has 0 aliphatic carbocycles. The molecule has 0 aromatic carbocycles. The zero-order valence-corrected chi connectivity index (χ0v) is 4.52. The quantitative estimate of drug-likeness (QED) is 0.381. The molecule has 0 aromatic rings. The summed E-state index contributed by atoms with van der Waals surface area (Å²) in [7, 11) is 1.70. The van der Waals surface area contributed by atoms with E-state index < -0.39 is 6.80 Å². The molecule has 0 aromatic heterocycles. The van der Waals surface area contributed by atoms with Crippen molar-refractivity contribution in [1.29, 1.82) is 0 Å². The third-order valence-corrected chi connectivity index (χ3v) is 0.645. The predicted molar refractivity (Wildman–Crippen MR) is 28.8 cm³/mol. The smallest absolute Gasteiger partial charge is 0.143 e. The molecule has 0 heterocycles. The van der Waals surface area contributed by atoms with Gasteiger partial charge in [-0.3, -0.25) is 4.90 Å². The molecule has 0 spiro atoms. The van der Waals surface area contributed by atoms with Crippen LogP contribution in [0.5, 0.6) is 0 Å². The molecule has 0 aliphatic rings. The highest BCUT2D eigenvalue weighted by atomic mass is 19.1. The first-order chi connectivity index (χ1) is 3.31. The molecule has 0 radical (unpaired) electrons. The highest BCUT2D eigenvalue weighted by Crippen LogP contribution is 1.79. The van der Waals surface area contributed by atoms with Crippen LogP contribution in [0.2, 0.25) is 0 Å². The fourth-order valence-electron chi connectivity index (χ4n) is 0.269. The van der Waals surface area contributed by atoms with E-state index in [2.05, 4.69) is 6.58 Å².